The van der Waals surface area contributed by atoms with Crippen molar-refractivity contribution < 1.29 is 19.0 Å². The number of pyridine rings is 2. The fraction of sp³-hybridized carbons (Fsp3) is 0. The Balaban J connectivity index is 0.000000774. The zero-order valence-corrected chi connectivity index (χ0v) is 12.5. The van der Waals surface area contributed by atoms with E-state index in [1.165, 1.54) is 6.07 Å². The number of rotatable bonds is 2. The summed E-state index contributed by atoms with van der Waals surface area (Å²) in [6, 6.07) is 19.3. The molecule has 109 valence electrons. The molecule has 5 heteroatoms. The fourth-order valence-electron chi connectivity index (χ4n) is 1.85. The van der Waals surface area contributed by atoms with Gasteiger partial charge in [-0.15, -0.1) is 24.3 Å². The first-order valence-electron chi connectivity index (χ1n) is 6.01. The van der Waals surface area contributed by atoms with E-state index in [0.29, 0.717) is 5.69 Å². The molecule has 0 unspecified atom stereocenters. The minimum atomic E-state index is -0.492. The van der Waals surface area contributed by atoms with Gasteiger partial charge in [-0.2, -0.15) is 4.39 Å². The van der Waals surface area contributed by atoms with Gasteiger partial charge in [0.1, 0.15) is 0 Å². The SMILES string of the molecule is Fc1cccc(-c2[c-]c(-c3ccccn3)ccc2)n1.[Cl][Ni]. The Labute approximate surface area is 134 Å². The Kier molecular flexibility index (Phi) is 5.85. The monoisotopic (exact) mass is 342 g/mol. The second-order valence-electron chi connectivity index (χ2n) is 4.04. The molecule has 3 rings (SSSR count). The van der Waals surface area contributed by atoms with Gasteiger partial charge in [0, 0.05) is 17.6 Å². The summed E-state index contributed by atoms with van der Waals surface area (Å²) >= 11 is 3.35. The maximum atomic E-state index is 13.1. The molecule has 2 heterocycles. The molecule has 0 atom stereocenters. The molecule has 0 N–H and O–H groups in total. The number of hydrogen-bond acceptors (Lipinski definition) is 2. The van der Waals surface area contributed by atoms with Crippen molar-refractivity contribution in [1.29, 1.82) is 0 Å². The molecular weight excluding hydrogens is 333 g/mol. The van der Waals surface area contributed by atoms with Crippen LogP contribution < -0.4 is 0 Å². The van der Waals surface area contributed by atoms with Gasteiger partial charge in [0.25, 0.3) is 0 Å². The van der Waals surface area contributed by atoms with E-state index in [9.17, 15) is 4.39 Å². The van der Waals surface area contributed by atoms with Crippen LogP contribution >= 0.6 is 10.2 Å². The molecule has 0 saturated heterocycles. The van der Waals surface area contributed by atoms with Gasteiger partial charge >= 0.3 is 24.8 Å². The minimum absolute atomic E-state index is 0.492. The number of aromatic nitrogens is 2. The van der Waals surface area contributed by atoms with Crippen molar-refractivity contribution in [3.63, 3.8) is 0 Å². The Morgan fingerprint density at radius 2 is 1.52 bits per heavy atom. The van der Waals surface area contributed by atoms with Gasteiger partial charge < -0.3 is 0 Å². The van der Waals surface area contributed by atoms with E-state index in [-0.39, 0.29) is 0 Å². The van der Waals surface area contributed by atoms with Crippen molar-refractivity contribution in [2.45, 2.75) is 0 Å². The summed E-state index contributed by atoms with van der Waals surface area (Å²) in [5, 5.41) is 0. The first-order chi connectivity index (χ1) is 10.3. The van der Waals surface area contributed by atoms with E-state index in [2.05, 4.69) is 40.8 Å². The van der Waals surface area contributed by atoms with Crippen LogP contribution in [0, 0.1) is 12.0 Å². The van der Waals surface area contributed by atoms with Crippen LogP contribution in [-0.4, -0.2) is 9.97 Å². The third-order valence-electron chi connectivity index (χ3n) is 2.73. The molecule has 0 radical (unpaired) electrons. The third-order valence-corrected chi connectivity index (χ3v) is 2.73. The van der Waals surface area contributed by atoms with Gasteiger partial charge in [-0.3, -0.25) is 9.97 Å². The van der Waals surface area contributed by atoms with Gasteiger partial charge in [-0.1, -0.05) is 35.4 Å². The molecule has 21 heavy (non-hydrogen) atoms. The molecule has 2 aromatic heterocycles. The van der Waals surface area contributed by atoms with Crippen molar-refractivity contribution in [1.82, 2.24) is 9.97 Å². The van der Waals surface area contributed by atoms with Crippen LogP contribution in [0.3, 0.4) is 0 Å². The molecule has 0 aliphatic carbocycles. The Hall–Kier alpha value is -1.77. The van der Waals surface area contributed by atoms with Crippen LogP contribution in [-0.2, 0) is 14.6 Å². The second-order valence-corrected chi connectivity index (χ2v) is 4.04. The van der Waals surface area contributed by atoms with Gasteiger partial charge in [0.05, 0.1) is 0 Å². The van der Waals surface area contributed by atoms with E-state index in [1.54, 1.807) is 18.3 Å². The normalized spacial score (nSPS) is 9.71. The summed E-state index contributed by atoms with van der Waals surface area (Å²) in [6.07, 6.45) is 1.73. The molecule has 0 spiro atoms. The number of benzene rings is 1. The molecule has 0 amide bonds. The Morgan fingerprint density at radius 3 is 2.19 bits per heavy atom. The zero-order chi connectivity index (χ0) is 15.1. The molecule has 0 saturated carbocycles. The van der Waals surface area contributed by atoms with Crippen molar-refractivity contribution in [3.05, 3.63) is 72.8 Å². The summed E-state index contributed by atoms with van der Waals surface area (Å²) in [6.45, 7) is 0. The summed E-state index contributed by atoms with van der Waals surface area (Å²) in [5.74, 6) is -0.492. The molecule has 0 fully saturated rings. The molecule has 0 bridgehead atoms. The molecule has 2 nitrogen and oxygen atoms in total. The van der Waals surface area contributed by atoms with Crippen molar-refractivity contribution >= 4 is 10.2 Å². The summed E-state index contributed by atoms with van der Waals surface area (Å²) in [7, 11) is 4.26. The molecule has 1 aromatic carbocycles. The van der Waals surface area contributed by atoms with Crippen molar-refractivity contribution in [2.75, 3.05) is 0 Å². The molecular formula is C16H10ClFN2Ni-. The topological polar surface area (TPSA) is 25.8 Å². The second kappa shape index (κ2) is 7.87. The number of nitrogens with zero attached hydrogens (tertiary/aromatic N) is 2. The third kappa shape index (κ3) is 4.10. The van der Waals surface area contributed by atoms with Gasteiger partial charge in [-0.05, 0) is 12.1 Å². The quantitative estimate of drug-likeness (QED) is 0.391. The Bertz CT molecular complexity index is 707. The van der Waals surface area contributed by atoms with E-state index >= 15 is 0 Å². The average molecular weight is 343 g/mol. The molecule has 0 aliphatic heterocycles. The molecule has 0 aliphatic rings. The molecule has 3 aromatic rings. The standard InChI is InChI=1S/C16H10FN2.ClH.Ni/c17-16-9-4-8-15(19-16)13-6-3-5-12(11-13)14-7-1-2-10-18-14;;/h1-10H;1H;/q-1;;+1/p-1. The van der Waals surface area contributed by atoms with Crippen LogP contribution in [0.25, 0.3) is 22.5 Å². The van der Waals surface area contributed by atoms with Crippen molar-refractivity contribution in [2.24, 2.45) is 0 Å². The first kappa shape index (κ1) is 15.6. The van der Waals surface area contributed by atoms with Crippen LogP contribution in [0.4, 0.5) is 4.39 Å². The van der Waals surface area contributed by atoms with Crippen LogP contribution in [0.1, 0.15) is 0 Å². The van der Waals surface area contributed by atoms with Gasteiger partial charge in [0.2, 0.25) is 5.95 Å². The summed E-state index contributed by atoms with van der Waals surface area (Å²) in [5.41, 5.74) is 3.02. The van der Waals surface area contributed by atoms with Crippen LogP contribution in [0.5, 0.6) is 0 Å². The van der Waals surface area contributed by atoms with E-state index < -0.39 is 5.95 Å². The number of halogens is 2. The first-order valence-corrected chi connectivity index (χ1v) is 7.37. The van der Waals surface area contributed by atoms with Gasteiger partial charge in [-0.25, -0.2) is 0 Å². The predicted octanol–water partition coefficient (Wildman–Crippen LogP) is 4.44. The fourth-order valence-corrected chi connectivity index (χ4v) is 1.85. The predicted molar refractivity (Wildman–Crippen MR) is 77.6 cm³/mol. The van der Waals surface area contributed by atoms with Crippen LogP contribution in [0.2, 0.25) is 0 Å². The maximum absolute atomic E-state index is 13.1. The number of hydrogen-bond donors (Lipinski definition) is 0. The van der Waals surface area contributed by atoms with Gasteiger partial charge in [0.15, 0.2) is 0 Å². The van der Waals surface area contributed by atoms with Crippen LogP contribution in [0.15, 0.2) is 60.8 Å². The zero-order valence-electron chi connectivity index (χ0n) is 10.7. The van der Waals surface area contributed by atoms with E-state index in [1.807, 2.05) is 36.4 Å². The Morgan fingerprint density at radius 1 is 0.857 bits per heavy atom. The summed E-state index contributed by atoms with van der Waals surface area (Å²) < 4.78 is 13.1. The van der Waals surface area contributed by atoms with E-state index in [0.717, 1.165) is 16.8 Å². The van der Waals surface area contributed by atoms with E-state index in [4.69, 9.17) is 0 Å². The summed E-state index contributed by atoms with van der Waals surface area (Å²) in [4.78, 5) is 8.14. The van der Waals surface area contributed by atoms with Crippen molar-refractivity contribution in [3.8, 4) is 22.5 Å². The average Bonchev–Trinajstić information content (AvgIpc) is 2.58.